The summed E-state index contributed by atoms with van der Waals surface area (Å²) in [5.41, 5.74) is 1.07. The number of rotatable bonds is 3. The zero-order chi connectivity index (χ0) is 12.3. The molecule has 1 aliphatic heterocycles. The molecule has 17 heavy (non-hydrogen) atoms. The van der Waals surface area contributed by atoms with E-state index in [-0.39, 0.29) is 11.5 Å². The molecule has 1 aromatic carbocycles. The Kier molecular flexibility index (Phi) is 3.86. The molecular formula is C13H20N2O2. The molecule has 3 N–H and O–H groups in total. The van der Waals surface area contributed by atoms with E-state index in [1.165, 1.54) is 0 Å². The van der Waals surface area contributed by atoms with Gasteiger partial charge in [-0.25, -0.2) is 0 Å². The van der Waals surface area contributed by atoms with E-state index in [4.69, 9.17) is 0 Å². The Morgan fingerprint density at radius 1 is 1.24 bits per heavy atom. The fourth-order valence-electron chi connectivity index (χ4n) is 2.45. The van der Waals surface area contributed by atoms with E-state index < -0.39 is 0 Å². The van der Waals surface area contributed by atoms with Crippen molar-refractivity contribution in [3.05, 3.63) is 23.8 Å². The number of aromatic hydroxyl groups is 2. The first-order chi connectivity index (χ1) is 8.22. The van der Waals surface area contributed by atoms with Gasteiger partial charge in [0, 0.05) is 32.2 Å². The van der Waals surface area contributed by atoms with Crippen LogP contribution in [-0.2, 0) is 0 Å². The molecule has 2 rings (SSSR count). The Morgan fingerprint density at radius 3 is 2.53 bits per heavy atom. The largest absolute Gasteiger partial charge is 0.504 e. The molecule has 0 spiro atoms. The summed E-state index contributed by atoms with van der Waals surface area (Å²) in [4.78, 5) is 2.42. The zero-order valence-electron chi connectivity index (χ0n) is 10.2. The summed E-state index contributed by atoms with van der Waals surface area (Å²) in [5.74, 6) is -0.0833. The van der Waals surface area contributed by atoms with Gasteiger partial charge in [0.1, 0.15) is 0 Å². The van der Waals surface area contributed by atoms with Gasteiger partial charge in [-0.2, -0.15) is 0 Å². The highest BCUT2D eigenvalue weighted by Gasteiger charge is 2.21. The molecule has 0 aromatic heterocycles. The van der Waals surface area contributed by atoms with Crippen LogP contribution in [0.3, 0.4) is 0 Å². The molecule has 1 atom stereocenters. The number of phenolic OH excluding ortho intramolecular Hbond substituents is 2. The van der Waals surface area contributed by atoms with Crippen LogP contribution in [0.15, 0.2) is 18.2 Å². The Labute approximate surface area is 102 Å². The number of phenols is 2. The van der Waals surface area contributed by atoms with Gasteiger partial charge in [0.25, 0.3) is 0 Å². The number of nitrogens with zero attached hydrogens (tertiary/aromatic N) is 1. The predicted octanol–water partition coefficient (Wildman–Crippen LogP) is 1.45. The lowest BCUT2D eigenvalue weighted by Gasteiger charge is -2.34. The maximum absolute atomic E-state index is 9.56. The van der Waals surface area contributed by atoms with Gasteiger partial charge in [-0.15, -0.1) is 0 Å². The zero-order valence-corrected chi connectivity index (χ0v) is 10.2. The summed E-state index contributed by atoms with van der Waals surface area (Å²) >= 11 is 0. The predicted molar refractivity (Wildman–Crippen MR) is 67.2 cm³/mol. The lowest BCUT2D eigenvalue weighted by Crippen LogP contribution is -2.45. The van der Waals surface area contributed by atoms with Crippen molar-refractivity contribution in [1.82, 2.24) is 10.2 Å². The van der Waals surface area contributed by atoms with Crippen LogP contribution in [0.25, 0.3) is 0 Å². The Hall–Kier alpha value is -1.26. The van der Waals surface area contributed by atoms with Gasteiger partial charge in [-0.1, -0.05) is 13.0 Å². The first-order valence-corrected chi connectivity index (χ1v) is 6.19. The van der Waals surface area contributed by atoms with Gasteiger partial charge in [0.15, 0.2) is 11.5 Å². The number of hydrogen-bond donors (Lipinski definition) is 3. The minimum atomic E-state index is -0.0519. The van der Waals surface area contributed by atoms with E-state index in [0.29, 0.717) is 6.04 Å². The minimum absolute atomic E-state index is 0.0314. The molecule has 1 aliphatic rings. The average Bonchev–Trinajstić information content (AvgIpc) is 2.36. The monoisotopic (exact) mass is 236 g/mol. The van der Waals surface area contributed by atoms with Crippen molar-refractivity contribution in [3.63, 3.8) is 0 Å². The number of piperazine rings is 1. The van der Waals surface area contributed by atoms with Crippen molar-refractivity contribution in [2.45, 2.75) is 19.4 Å². The molecule has 0 amide bonds. The third-order valence-corrected chi connectivity index (χ3v) is 3.36. The topological polar surface area (TPSA) is 55.7 Å². The first-order valence-electron chi connectivity index (χ1n) is 6.19. The standard InChI is InChI=1S/C13H20N2O2/c1-2-11(15-7-5-14-6-8-15)10-3-4-12(16)13(17)9-10/h3-4,9,11,14,16-17H,2,5-8H2,1H3/t11-/m0/s1. The highest BCUT2D eigenvalue weighted by atomic mass is 16.3. The van der Waals surface area contributed by atoms with Gasteiger partial charge in [-0.05, 0) is 24.1 Å². The van der Waals surface area contributed by atoms with Crippen LogP contribution in [0.4, 0.5) is 0 Å². The molecule has 0 radical (unpaired) electrons. The van der Waals surface area contributed by atoms with E-state index in [0.717, 1.165) is 38.2 Å². The van der Waals surface area contributed by atoms with Crippen molar-refractivity contribution in [1.29, 1.82) is 0 Å². The van der Waals surface area contributed by atoms with Crippen molar-refractivity contribution < 1.29 is 10.2 Å². The number of nitrogens with one attached hydrogen (secondary N) is 1. The van der Waals surface area contributed by atoms with E-state index >= 15 is 0 Å². The van der Waals surface area contributed by atoms with Crippen LogP contribution in [0, 0.1) is 0 Å². The van der Waals surface area contributed by atoms with Crippen LogP contribution in [0.1, 0.15) is 24.9 Å². The molecule has 0 unspecified atom stereocenters. The van der Waals surface area contributed by atoms with Crippen LogP contribution >= 0.6 is 0 Å². The lowest BCUT2D eigenvalue weighted by atomic mass is 10.0. The van der Waals surface area contributed by atoms with Crippen molar-refractivity contribution in [2.24, 2.45) is 0 Å². The van der Waals surface area contributed by atoms with E-state index in [1.807, 2.05) is 6.07 Å². The quantitative estimate of drug-likeness (QED) is 0.695. The molecule has 4 heteroatoms. The second kappa shape index (κ2) is 5.38. The molecular weight excluding hydrogens is 216 g/mol. The summed E-state index contributed by atoms with van der Waals surface area (Å²) in [7, 11) is 0. The summed E-state index contributed by atoms with van der Waals surface area (Å²) in [6, 6.07) is 5.45. The van der Waals surface area contributed by atoms with Crippen LogP contribution in [0.5, 0.6) is 11.5 Å². The molecule has 94 valence electrons. The lowest BCUT2D eigenvalue weighted by molar-refractivity contribution is 0.169. The molecule has 1 heterocycles. The van der Waals surface area contributed by atoms with Crippen molar-refractivity contribution in [2.75, 3.05) is 26.2 Å². The van der Waals surface area contributed by atoms with Gasteiger partial charge >= 0.3 is 0 Å². The molecule has 1 saturated heterocycles. The number of hydrogen-bond acceptors (Lipinski definition) is 4. The maximum atomic E-state index is 9.56. The van der Waals surface area contributed by atoms with Gasteiger partial charge in [0.05, 0.1) is 0 Å². The summed E-state index contributed by atoms with van der Waals surface area (Å²) in [5, 5.41) is 22.2. The summed E-state index contributed by atoms with van der Waals surface area (Å²) < 4.78 is 0. The first kappa shape index (κ1) is 12.2. The molecule has 1 fully saturated rings. The summed E-state index contributed by atoms with van der Waals surface area (Å²) in [6.07, 6.45) is 1.00. The van der Waals surface area contributed by atoms with Crippen LogP contribution in [0.2, 0.25) is 0 Å². The van der Waals surface area contributed by atoms with E-state index in [9.17, 15) is 10.2 Å². The second-order valence-electron chi connectivity index (χ2n) is 4.46. The fraction of sp³-hybridized carbons (Fsp3) is 0.538. The van der Waals surface area contributed by atoms with Crippen LogP contribution in [-0.4, -0.2) is 41.3 Å². The smallest absolute Gasteiger partial charge is 0.157 e. The summed E-state index contributed by atoms with van der Waals surface area (Å²) in [6.45, 7) is 6.23. The molecule has 0 saturated carbocycles. The Morgan fingerprint density at radius 2 is 1.94 bits per heavy atom. The highest BCUT2D eigenvalue weighted by molar-refractivity contribution is 5.41. The van der Waals surface area contributed by atoms with Crippen LogP contribution < -0.4 is 5.32 Å². The highest BCUT2D eigenvalue weighted by Crippen LogP contribution is 2.31. The SMILES string of the molecule is CC[C@@H](c1ccc(O)c(O)c1)N1CCNCC1. The molecule has 1 aromatic rings. The van der Waals surface area contributed by atoms with Crippen molar-refractivity contribution in [3.8, 4) is 11.5 Å². The van der Waals surface area contributed by atoms with E-state index in [2.05, 4.69) is 17.1 Å². The number of benzene rings is 1. The molecule has 0 bridgehead atoms. The minimum Gasteiger partial charge on any atom is -0.504 e. The van der Waals surface area contributed by atoms with E-state index in [1.54, 1.807) is 12.1 Å². The third kappa shape index (κ3) is 2.70. The van der Waals surface area contributed by atoms with Gasteiger partial charge in [0.2, 0.25) is 0 Å². The van der Waals surface area contributed by atoms with Crippen molar-refractivity contribution >= 4 is 0 Å². The second-order valence-corrected chi connectivity index (χ2v) is 4.46. The van der Waals surface area contributed by atoms with Gasteiger partial charge in [-0.3, -0.25) is 4.90 Å². The normalized spacial score (nSPS) is 19.1. The average molecular weight is 236 g/mol. The fourth-order valence-corrected chi connectivity index (χ4v) is 2.45. The molecule has 0 aliphatic carbocycles. The van der Waals surface area contributed by atoms with Gasteiger partial charge < -0.3 is 15.5 Å². The Bertz CT molecular complexity index is 376. The third-order valence-electron chi connectivity index (χ3n) is 3.36. The Balaban J connectivity index is 2.18. The maximum Gasteiger partial charge on any atom is 0.157 e. The molecule has 4 nitrogen and oxygen atoms in total.